The maximum absolute atomic E-state index is 3.06. The van der Waals surface area contributed by atoms with Gasteiger partial charge in [0.25, 0.3) is 0 Å². The Labute approximate surface area is 323 Å². The summed E-state index contributed by atoms with van der Waals surface area (Å²) in [7, 11) is 0. The van der Waals surface area contributed by atoms with Crippen LogP contribution in [0.1, 0.15) is 110 Å². The molecule has 0 N–H and O–H groups in total. The molecule has 0 saturated heterocycles. The fourth-order valence-electron chi connectivity index (χ4n) is 6.49. The van der Waals surface area contributed by atoms with Crippen LogP contribution in [-0.4, -0.2) is 6.88 Å². The third kappa shape index (κ3) is 9.95. The van der Waals surface area contributed by atoms with Crippen molar-refractivity contribution in [2.45, 2.75) is 105 Å². The van der Waals surface area contributed by atoms with Crippen molar-refractivity contribution >= 4 is 28.4 Å². The molecule has 6 aromatic rings. The van der Waals surface area contributed by atoms with Crippen LogP contribution >= 0.6 is 0 Å². The second kappa shape index (κ2) is 17.1. The van der Waals surface area contributed by atoms with Gasteiger partial charge in [0, 0.05) is 0 Å². The van der Waals surface area contributed by atoms with Gasteiger partial charge >= 0.3 is 30.2 Å². The van der Waals surface area contributed by atoms with E-state index in [-0.39, 0.29) is 31.1 Å². The third-order valence-electron chi connectivity index (χ3n) is 9.40. The molecular weight excluding hydrogens is 696 g/mol. The Morgan fingerprint density at radius 1 is 0.560 bits per heavy atom. The van der Waals surface area contributed by atoms with Gasteiger partial charge in [-0.15, -0.1) is 68.6 Å². The Hall–Kier alpha value is -2.80. The summed E-state index contributed by atoms with van der Waals surface area (Å²) < 4.78 is 0. The van der Waals surface area contributed by atoms with Gasteiger partial charge in [0.2, 0.25) is 0 Å². The van der Waals surface area contributed by atoms with E-state index < -0.39 is 0 Å². The second-order valence-electron chi connectivity index (χ2n) is 16.7. The Morgan fingerprint density at radius 3 is 1.48 bits per heavy atom. The van der Waals surface area contributed by atoms with E-state index in [0.717, 1.165) is 0 Å². The molecule has 0 nitrogen and oxygen atoms in total. The SMILES string of the molecule is CC(C)c1cc2c(-c3ccc(C(C)(C)C)cc3)cccc2[cH-]1.Cc1cc2c(-c3ccc(C(C)(C)C)cc3)ccc(C(C)(C)C)c2[cH-]1.[CH3-].[CH3-].[Si]=[Zr]. The fourth-order valence-corrected chi connectivity index (χ4v) is 6.49. The van der Waals surface area contributed by atoms with E-state index >= 15 is 0 Å². The van der Waals surface area contributed by atoms with Gasteiger partial charge in [-0.25, -0.2) is 0 Å². The van der Waals surface area contributed by atoms with Gasteiger partial charge in [-0.05, 0) is 44.4 Å². The van der Waals surface area contributed by atoms with Crippen molar-refractivity contribution in [1.82, 2.24) is 0 Å². The Kier molecular flexibility index (Phi) is 14.9. The Balaban J connectivity index is 0.000000319. The predicted octanol–water partition coefficient (Wildman–Crippen LogP) is 14.3. The van der Waals surface area contributed by atoms with Crippen LogP contribution < -0.4 is 0 Å². The summed E-state index contributed by atoms with van der Waals surface area (Å²) in [6, 6.07) is 38.7. The number of fused-ring (bicyclic) bond motifs is 2. The molecule has 0 aromatic heterocycles. The average Bonchev–Trinajstić information content (AvgIpc) is 3.64. The van der Waals surface area contributed by atoms with Crippen molar-refractivity contribution in [2.24, 2.45) is 0 Å². The molecule has 0 unspecified atom stereocenters. The zero-order valence-electron chi connectivity index (χ0n) is 33.4. The predicted molar refractivity (Wildman–Crippen MR) is 223 cm³/mol. The van der Waals surface area contributed by atoms with Crippen molar-refractivity contribution in [3.63, 3.8) is 0 Å². The summed E-state index contributed by atoms with van der Waals surface area (Å²) in [6.07, 6.45) is 0. The molecule has 50 heavy (non-hydrogen) atoms. The minimum atomic E-state index is 0. The average molecular weight is 756 g/mol. The third-order valence-corrected chi connectivity index (χ3v) is 9.40. The van der Waals surface area contributed by atoms with E-state index in [1.54, 1.807) is 0 Å². The van der Waals surface area contributed by atoms with E-state index in [1.807, 2.05) is 0 Å². The van der Waals surface area contributed by atoms with E-state index in [1.165, 1.54) is 95.0 Å². The molecule has 0 fully saturated rings. The Bertz CT molecular complexity index is 1960. The maximum atomic E-state index is 3.06. The number of rotatable bonds is 3. The molecule has 0 heterocycles. The molecule has 0 saturated carbocycles. The molecule has 0 aliphatic carbocycles. The molecular formula is C48H60SiZr-4. The molecule has 0 aliphatic heterocycles. The number of hydrogen-bond donors (Lipinski definition) is 0. The number of benzene rings is 4. The van der Waals surface area contributed by atoms with Crippen LogP contribution in [0, 0.1) is 21.8 Å². The van der Waals surface area contributed by atoms with Crippen LogP contribution in [0.5, 0.6) is 0 Å². The van der Waals surface area contributed by atoms with Crippen molar-refractivity contribution in [1.29, 1.82) is 0 Å². The molecule has 0 amide bonds. The van der Waals surface area contributed by atoms with Crippen LogP contribution in [0.2, 0.25) is 0 Å². The van der Waals surface area contributed by atoms with Crippen LogP contribution in [0.4, 0.5) is 0 Å². The number of aryl methyl sites for hydroxylation is 1. The Morgan fingerprint density at radius 2 is 1.04 bits per heavy atom. The quantitative estimate of drug-likeness (QED) is 0.125. The minimum absolute atomic E-state index is 0. The molecule has 6 rings (SSSR count). The first-order valence-corrected chi connectivity index (χ1v) is 21.5. The van der Waals surface area contributed by atoms with Crippen molar-refractivity contribution in [2.75, 3.05) is 0 Å². The normalized spacial score (nSPS) is 11.6. The summed E-state index contributed by atoms with van der Waals surface area (Å²) in [6.45, 7) is 30.2. The zero-order chi connectivity index (χ0) is 35.6. The van der Waals surface area contributed by atoms with Gasteiger partial charge in [-0.2, -0.15) is 12.1 Å². The first kappa shape index (κ1) is 43.4. The summed E-state index contributed by atoms with van der Waals surface area (Å²) >= 11 is 1.36. The molecule has 264 valence electrons. The van der Waals surface area contributed by atoms with E-state index in [4.69, 9.17) is 0 Å². The molecule has 6 aromatic carbocycles. The zero-order valence-corrected chi connectivity index (χ0v) is 36.9. The van der Waals surface area contributed by atoms with Crippen LogP contribution in [-0.2, 0) is 39.6 Å². The van der Waals surface area contributed by atoms with Crippen LogP contribution in [0.15, 0.2) is 103 Å². The monoisotopic (exact) mass is 754 g/mol. The summed E-state index contributed by atoms with van der Waals surface area (Å²) in [5.41, 5.74) is 12.8. The second-order valence-corrected chi connectivity index (χ2v) is 16.7. The van der Waals surface area contributed by atoms with Crippen LogP contribution in [0.25, 0.3) is 43.8 Å². The standard InChI is InChI=1S/C24H29.C22H25.2CH3.Si.Zr/c1-16-14-20-19(12-13-22(21(20)15-16)24(5,6)7)17-8-10-18(11-9-17)23(2,3)4;1-15(2)18-13-17-7-6-8-20(21(17)14-18)16-9-11-19(12-10-16)22(3,4)5;;;;/h8-15H,1-7H3;6-15H,1-5H3;2*1H3;;/q4*-1;;. The fraction of sp³-hybridized carbons (Fsp3) is 0.333. The van der Waals surface area contributed by atoms with Gasteiger partial charge in [0.05, 0.1) is 0 Å². The van der Waals surface area contributed by atoms with Crippen molar-refractivity contribution in [3.8, 4) is 22.3 Å². The molecule has 0 bridgehead atoms. The molecule has 0 spiro atoms. The first-order valence-electron chi connectivity index (χ1n) is 17.3. The van der Waals surface area contributed by atoms with Gasteiger partial charge in [-0.3, -0.25) is 0 Å². The molecule has 2 heteroatoms. The summed E-state index contributed by atoms with van der Waals surface area (Å²) in [5, 5.41) is 5.50. The molecule has 0 aliphatic rings. The van der Waals surface area contributed by atoms with Crippen molar-refractivity contribution in [3.05, 3.63) is 146 Å². The topological polar surface area (TPSA) is 0 Å². The van der Waals surface area contributed by atoms with Crippen molar-refractivity contribution < 1.29 is 23.3 Å². The number of hydrogen-bond acceptors (Lipinski definition) is 0. The van der Waals surface area contributed by atoms with E-state index in [0.29, 0.717) is 5.92 Å². The van der Waals surface area contributed by atoms with E-state index in [2.05, 4.69) is 193 Å². The first-order chi connectivity index (χ1) is 22.4. The van der Waals surface area contributed by atoms with E-state index in [9.17, 15) is 0 Å². The summed E-state index contributed by atoms with van der Waals surface area (Å²) in [4.78, 5) is 0. The van der Waals surface area contributed by atoms with Gasteiger partial charge in [-0.1, -0.05) is 155 Å². The van der Waals surface area contributed by atoms with Crippen LogP contribution in [0.3, 0.4) is 0 Å². The molecule has 2 radical (unpaired) electrons. The summed E-state index contributed by atoms with van der Waals surface area (Å²) in [5.74, 6) is 0.573. The molecule has 0 atom stereocenters. The van der Waals surface area contributed by atoms with Gasteiger partial charge < -0.3 is 14.9 Å². The van der Waals surface area contributed by atoms with Gasteiger partial charge in [0.15, 0.2) is 0 Å². The van der Waals surface area contributed by atoms with Gasteiger partial charge in [0.1, 0.15) is 0 Å².